The van der Waals surface area contributed by atoms with E-state index in [1.54, 1.807) is 18.3 Å². The van der Waals surface area contributed by atoms with E-state index in [0.717, 1.165) is 16.5 Å². The molecule has 24 heavy (non-hydrogen) atoms. The zero-order chi connectivity index (χ0) is 16.9. The molecule has 122 valence electrons. The van der Waals surface area contributed by atoms with Crippen molar-refractivity contribution in [3.8, 4) is 0 Å². The van der Waals surface area contributed by atoms with Gasteiger partial charge < -0.3 is 15.0 Å². The molecule has 0 atom stereocenters. The van der Waals surface area contributed by atoms with Crippen molar-refractivity contribution in [2.75, 3.05) is 11.9 Å². The maximum absolute atomic E-state index is 11.9. The third-order valence-electron chi connectivity index (χ3n) is 3.37. The minimum Gasteiger partial charge on any atom is -0.455 e. The van der Waals surface area contributed by atoms with Crippen LogP contribution in [0.4, 0.5) is 5.82 Å². The molecule has 6 nitrogen and oxygen atoms in total. The zero-order valence-corrected chi connectivity index (χ0v) is 13.3. The van der Waals surface area contributed by atoms with Crippen LogP contribution in [0.1, 0.15) is 5.56 Å². The Morgan fingerprint density at radius 1 is 1.21 bits per heavy atom. The second-order valence-electron chi connectivity index (χ2n) is 5.11. The summed E-state index contributed by atoms with van der Waals surface area (Å²) in [7, 11) is 0. The second kappa shape index (κ2) is 7.14. The number of esters is 1. The Kier molecular flexibility index (Phi) is 4.77. The monoisotopic (exact) mass is 343 g/mol. The molecular weight excluding hydrogens is 330 g/mol. The van der Waals surface area contributed by atoms with E-state index in [2.05, 4.69) is 15.3 Å². The van der Waals surface area contributed by atoms with Crippen molar-refractivity contribution in [2.45, 2.75) is 6.42 Å². The number of pyridine rings is 1. The van der Waals surface area contributed by atoms with E-state index in [4.69, 9.17) is 16.3 Å². The molecule has 0 spiro atoms. The summed E-state index contributed by atoms with van der Waals surface area (Å²) in [4.78, 5) is 30.7. The molecule has 2 aromatic heterocycles. The fraction of sp³-hybridized carbons (Fsp3) is 0.118. The first-order valence-corrected chi connectivity index (χ1v) is 7.61. The van der Waals surface area contributed by atoms with Gasteiger partial charge in [-0.25, -0.2) is 4.98 Å². The molecule has 0 fully saturated rings. The SMILES string of the molecule is O=C(COC(=O)Cc1c[nH]c2ccccc12)Nc1ccc(Cl)cn1. The van der Waals surface area contributed by atoms with Crippen LogP contribution in [0.2, 0.25) is 5.02 Å². The van der Waals surface area contributed by atoms with Crippen molar-refractivity contribution in [1.82, 2.24) is 9.97 Å². The molecule has 0 saturated heterocycles. The minimum atomic E-state index is -0.473. The smallest absolute Gasteiger partial charge is 0.310 e. The third kappa shape index (κ3) is 3.91. The lowest BCUT2D eigenvalue weighted by atomic mass is 10.1. The highest BCUT2D eigenvalue weighted by Gasteiger charge is 2.12. The molecule has 0 aliphatic heterocycles. The maximum Gasteiger partial charge on any atom is 0.310 e. The average molecular weight is 344 g/mol. The Morgan fingerprint density at radius 3 is 2.83 bits per heavy atom. The minimum absolute atomic E-state index is 0.0937. The van der Waals surface area contributed by atoms with E-state index in [1.807, 2.05) is 24.3 Å². The van der Waals surface area contributed by atoms with Gasteiger partial charge in [-0.15, -0.1) is 0 Å². The normalized spacial score (nSPS) is 10.5. The summed E-state index contributed by atoms with van der Waals surface area (Å²) >= 11 is 5.71. The molecule has 1 amide bonds. The number of nitrogens with zero attached hydrogens (tertiary/aromatic N) is 1. The summed E-state index contributed by atoms with van der Waals surface area (Å²) in [5, 5.41) is 3.95. The summed E-state index contributed by atoms with van der Waals surface area (Å²) in [6, 6.07) is 10.8. The van der Waals surface area contributed by atoms with Gasteiger partial charge in [0.15, 0.2) is 6.61 Å². The number of nitrogens with one attached hydrogen (secondary N) is 2. The number of H-pyrrole nitrogens is 1. The summed E-state index contributed by atoms with van der Waals surface area (Å²) in [5.74, 6) is -0.590. The standard InChI is InChI=1S/C17H14ClN3O3/c18-12-5-6-15(20-9-12)21-16(22)10-24-17(23)7-11-8-19-14-4-2-1-3-13(11)14/h1-6,8-9,19H,7,10H2,(H,20,21,22). The number of carbonyl (C=O) groups is 2. The van der Waals surface area contributed by atoms with Crippen LogP contribution in [0.25, 0.3) is 10.9 Å². The van der Waals surface area contributed by atoms with E-state index < -0.39 is 11.9 Å². The van der Waals surface area contributed by atoms with Gasteiger partial charge in [0.05, 0.1) is 11.4 Å². The number of rotatable bonds is 5. The van der Waals surface area contributed by atoms with Crippen molar-refractivity contribution < 1.29 is 14.3 Å². The fourth-order valence-electron chi connectivity index (χ4n) is 2.26. The van der Waals surface area contributed by atoms with Crippen LogP contribution in [0, 0.1) is 0 Å². The summed E-state index contributed by atoms with van der Waals surface area (Å²) in [6.07, 6.45) is 3.28. The highest BCUT2D eigenvalue weighted by Crippen LogP contribution is 2.18. The zero-order valence-electron chi connectivity index (χ0n) is 12.6. The van der Waals surface area contributed by atoms with Crippen LogP contribution in [0.15, 0.2) is 48.8 Å². The second-order valence-corrected chi connectivity index (χ2v) is 5.54. The van der Waals surface area contributed by atoms with Crippen molar-refractivity contribution in [3.63, 3.8) is 0 Å². The van der Waals surface area contributed by atoms with E-state index >= 15 is 0 Å². The predicted octanol–water partition coefficient (Wildman–Crippen LogP) is 2.94. The van der Waals surface area contributed by atoms with Gasteiger partial charge in [0.1, 0.15) is 5.82 Å². The number of para-hydroxylation sites is 1. The number of hydrogen-bond acceptors (Lipinski definition) is 4. The Hall–Kier alpha value is -2.86. The van der Waals surface area contributed by atoms with Crippen molar-refractivity contribution in [2.24, 2.45) is 0 Å². The summed E-state index contributed by atoms with van der Waals surface area (Å²) in [5.41, 5.74) is 1.78. The van der Waals surface area contributed by atoms with Crippen molar-refractivity contribution in [3.05, 3.63) is 59.4 Å². The average Bonchev–Trinajstić information content (AvgIpc) is 2.98. The largest absolute Gasteiger partial charge is 0.455 e. The Morgan fingerprint density at radius 2 is 2.04 bits per heavy atom. The van der Waals surface area contributed by atoms with E-state index in [-0.39, 0.29) is 13.0 Å². The quantitative estimate of drug-likeness (QED) is 0.698. The lowest BCUT2D eigenvalue weighted by molar-refractivity contribution is -0.146. The molecule has 7 heteroatoms. The number of amides is 1. The Bertz CT molecular complexity index is 874. The summed E-state index contributed by atoms with van der Waals surface area (Å²) < 4.78 is 5.00. The van der Waals surface area contributed by atoms with Gasteiger partial charge in [0.2, 0.25) is 0 Å². The molecule has 0 saturated carbocycles. The first-order valence-electron chi connectivity index (χ1n) is 7.24. The van der Waals surface area contributed by atoms with Crippen molar-refractivity contribution in [1.29, 1.82) is 0 Å². The van der Waals surface area contributed by atoms with Gasteiger partial charge in [0, 0.05) is 23.3 Å². The summed E-state index contributed by atoms with van der Waals surface area (Å²) in [6.45, 7) is -0.370. The Balaban J connectivity index is 1.52. The predicted molar refractivity (Wildman–Crippen MR) is 90.8 cm³/mol. The number of fused-ring (bicyclic) bond motifs is 1. The fourth-order valence-corrected chi connectivity index (χ4v) is 2.37. The number of anilines is 1. The number of carbonyl (C=O) groups excluding carboxylic acids is 2. The molecule has 1 aromatic carbocycles. The topological polar surface area (TPSA) is 84.1 Å². The number of aromatic amines is 1. The Labute approximate surface area is 142 Å². The molecule has 3 aromatic rings. The lowest BCUT2D eigenvalue weighted by Gasteiger charge is -2.06. The first kappa shape index (κ1) is 16.0. The molecular formula is C17H14ClN3O3. The molecule has 3 rings (SSSR count). The molecule has 0 aliphatic carbocycles. The van der Waals surface area contributed by atoms with Gasteiger partial charge in [-0.3, -0.25) is 9.59 Å². The number of halogens is 1. The highest BCUT2D eigenvalue weighted by molar-refractivity contribution is 6.30. The lowest BCUT2D eigenvalue weighted by Crippen LogP contribution is -2.22. The number of benzene rings is 1. The number of ether oxygens (including phenoxy) is 1. The van der Waals surface area contributed by atoms with E-state index in [0.29, 0.717) is 10.8 Å². The van der Waals surface area contributed by atoms with Crippen molar-refractivity contribution >= 4 is 40.2 Å². The van der Waals surface area contributed by atoms with E-state index in [1.165, 1.54) is 6.20 Å². The van der Waals surface area contributed by atoms with Gasteiger partial charge in [-0.2, -0.15) is 0 Å². The van der Waals surface area contributed by atoms with Crippen LogP contribution in [-0.4, -0.2) is 28.5 Å². The number of hydrogen-bond donors (Lipinski definition) is 2. The van der Waals surface area contributed by atoms with Crippen LogP contribution >= 0.6 is 11.6 Å². The van der Waals surface area contributed by atoms with Gasteiger partial charge in [-0.1, -0.05) is 29.8 Å². The number of aromatic nitrogens is 2. The third-order valence-corrected chi connectivity index (χ3v) is 3.59. The van der Waals surface area contributed by atoms with Crippen LogP contribution < -0.4 is 5.32 Å². The molecule has 2 N–H and O–H groups in total. The molecule has 0 aliphatic rings. The molecule has 0 bridgehead atoms. The highest BCUT2D eigenvalue weighted by atomic mass is 35.5. The maximum atomic E-state index is 11.9. The molecule has 0 radical (unpaired) electrons. The first-order chi connectivity index (χ1) is 11.6. The van der Waals surface area contributed by atoms with E-state index in [9.17, 15) is 9.59 Å². The van der Waals surface area contributed by atoms with Gasteiger partial charge in [0.25, 0.3) is 5.91 Å². The van der Waals surface area contributed by atoms with Gasteiger partial charge in [-0.05, 0) is 23.8 Å². The van der Waals surface area contributed by atoms with Crippen LogP contribution in [-0.2, 0) is 20.7 Å². The molecule has 0 unspecified atom stereocenters. The van der Waals surface area contributed by atoms with Crippen LogP contribution in [0.3, 0.4) is 0 Å². The molecule has 2 heterocycles. The van der Waals surface area contributed by atoms with Crippen LogP contribution in [0.5, 0.6) is 0 Å². The van der Waals surface area contributed by atoms with Gasteiger partial charge >= 0.3 is 5.97 Å².